The molecule has 0 bridgehead atoms. The summed E-state index contributed by atoms with van der Waals surface area (Å²) < 4.78 is 13.4. The summed E-state index contributed by atoms with van der Waals surface area (Å²) >= 11 is 14.9. The summed E-state index contributed by atoms with van der Waals surface area (Å²) in [7, 11) is 0. The Labute approximate surface area is 139 Å². The smallest absolute Gasteiger partial charge is 0.228 e. The Morgan fingerprint density at radius 1 is 1.24 bits per heavy atom. The van der Waals surface area contributed by atoms with Gasteiger partial charge in [-0.1, -0.05) is 29.3 Å². The van der Waals surface area contributed by atoms with Crippen molar-refractivity contribution in [2.45, 2.75) is 6.42 Å². The Morgan fingerprint density at radius 3 is 2.43 bits per heavy atom. The molecule has 0 aliphatic carbocycles. The molecule has 110 valence electrons. The maximum atomic E-state index is 13.1. The van der Waals surface area contributed by atoms with Crippen molar-refractivity contribution >= 4 is 56.4 Å². The van der Waals surface area contributed by atoms with Gasteiger partial charge in [0.15, 0.2) is 0 Å². The van der Waals surface area contributed by atoms with Crippen molar-refractivity contribution in [1.82, 2.24) is 0 Å². The standard InChI is InChI=1S/C14H10BrCl2FN2O/c15-9-3-7(1-2-12(9)18)4-13(21)20-8-5-10(16)14(19)11(17)6-8/h1-3,5-6H,4,19H2,(H,20,21). The van der Waals surface area contributed by atoms with Crippen LogP contribution in [0.25, 0.3) is 0 Å². The molecule has 2 aromatic rings. The van der Waals surface area contributed by atoms with E-state index in [0.29, 0.717) is 15.7 Å². The molecule has 3 N–H and O–H groups in total. The third-order valence-corrected chi connectivity index (χ3v) is 3.94. The molecule has 0 saturated carbocycles. The monoisotopic (exact) mass is 390 g/mol. The van der Waals surface area contributed by atoms with E-state index in [2.05, 4.69) is 21.2 Å². The summed E-state index contributed by atoms with van der Waals surface area (Å²) in [5, 5.41) is 3.19. The number of halogens is 4. The zero-order valence-corrected chi connectivity index (χ0v) is 13.7. The number of nitrogen functional groups attached to an aromatic ring is 1. The summed E-state index contributed by atoms with van der Waals surface area (Å²) in [4.78, 5) is 11.9. The first-order valence-corrected chi connectivity index (χ1v) is 7.40. The van der Waals surface area contributed by atoms with Crippen molar-refractivity contribution in [3.05, 3.63) is 56.2 Å². The second kappa shape index (κ2) is 6.64. The molecular formula is C14H10BrCl2FN2O. The van der Waals surface area contributed by atoms with Crippen LogP contribution in [0.15, 0.2) is 34.8 Å². The average molecular weight is 392 g/mol. The fourth-order valence-electron chi connectivity index (χ4n) is 1.70. The second-order valence-electron chi connectivity index (χ2n) is 4.33. The highest BCUT2D eigenvalue weighted by Crippen LogP contribution is 2.31. The SMILES string of the molecule is Nc1c(Cl)cc(NC(=O)Cc2ccc(F)c(Br)c2)cc1Cl. The summed E-state index contributed by atoms with van der Waals surface area (Å²) in [6.45, 7) is 0. The van der Waals surface area contributed by atoms with E-state index in [9.17, 15) is 9.18 Å². The normalized spacial score (nSPS) is 10.5. The maximum Gasteiger partial charge on any atom is 0.228 e. The molecule has 2 rings (SSSR count). The lowest BCUT2D eigenvalue weighted by Crippen LogP contribution is -2.14. The number of amides is 1. The number of rotatable bonds is 3. The molecule has 0 spiro atoms. The molecule has 0 aliphatic rings. The first-order chi connectivity index (χ1) is 9.86. The Kier molecular flexibility index (Phi) is 5.08. The summed E-state index contributed by atoms with van der Waals surface area (Å²) in [6.07, 6.45) is 0.0957. The molecule has 0 aliphatic heterocycles. The van der Waals surface area contributed by atoms with Crippen molar-refractivity contribution in [2.75, 3.05) is 11.1 Å². The van der Waals surface area contributed by atoms with Gasteiger partial charge in [-0.2, -0.15) is 0 Å². The summed E-state index contributed by atoms with van der Waals surface area (Å²) in [5.74, 6) is -0.651. The molecule has 0 heterocycles. The van der Waals surface area contributed by atoms with E-state index in [-0.39, 0.29) is 33.9 Å². The number of hydrogen-bond donors (Lipinski definition) is 2. The summed E-state index contributed by atoms with van der Waals surface area (Å²) in [6, 6.07) is 7.42. The lowest BCUT2D eigenvalue weighted by molar-refractivity contribution is -0.115. The predicted octanol–water partition coefficient (Wildman–Crippen LogP) is 4.66. The highest BCUT2D eigenvalue weighted by molar-refractivity contribution is 9.10. The number of carbonyl (C=O) groups excluding carboxylic acids is 1. The van der Waals surface area contributed by atoms with E-state index in [1.54, 1.807) is 12.1 Å². The van der Waals surface area contributed by atoms with Crippen LogP contribution in [0.1, 0.15) is 5.56 Å². The van der Waals surface area contributed by atoms with Crippen LogP contribution >= 0.6 is 39.1 Å². The lowest BCUT2D eigenvalue weighted by atomic mass is 10.1. The minimum atomic E-state index is -0.378. The molecular weight excluding hydrogens is 382 g/mol. The Bertz CT molecular complexity index is 686. The van der Waals surface area contributed by atoms with E-state index in [4.69, 9.17) is 28.9 Å². The number of nitrogens with one attached hydrogen (secondary N) is 1. The van der Waals surface area contributed by atoms with Crippen molar-refractivity contribution in [2.24, 2.45) is 0 Å². The second-order valence-corrected chi connectivity index (χ2v) is 6.00. The zero-order valence-electron chi connectivity index (χ0n) is 10.6. The third-order valence-electron chi connectivity index (χ3n) is 2.71. The maximum absolute atomic E-state index is 13.1. The quantitative estimate of drug-likeness (QED) is 0.747. The molecule has 7 heteroatoms. The highest BCUT2D eigenvalue weighted by Gasteiger charge is 2.09. The fraction of sp³-hybridized carbons (Fsp3) is 0.0714. The molecule has 2 aromatic carbocycles. The molecule has 0 fully saturated rings. The first-order valence-electron chi connectivity index (χ1n) is 5.85. The molecule has 0 saturated heterocycles. The molecule has 0 radical (unpaired) electrons. The fourth-order valence-corrected chi connectivity index (χ4v) is 2.61. The van der Waals surface area contributed by atoms with Crippen molar-refractivity contribution in [3.63, 3.8) is 0 Å². The van der Waals surface area contributed by atoms with Gasteiger partial charge >= 0.3 is 0 Å². The molecule has 0 atom stereocenters. The van der Waals surface area contributed by atoms with Gasteiger partial charge in [-0.15, -0.1) is 0 Å². The molecule has 0 unspecified atom stereocenters. The van der Waals surface area contributed by atoms with Crippen LogP contribution in [0.5, 0.6) is 0 Å². The van der Waals surface area contributed by atoms with E-state index in [0.717, 1.165) is 0 Å². The third kappa shape index (κ3) is 4.09. The Hall–Kier alpha value is -1.30. The van der Waals surface area contributed by atoms with Gasteiger partial charge < -0.3 is 11.1 Å². The minimum Gasteiger partial charge on any atom is -0.396 e. The van der Waals surface area contributed by atoms with Crippen LogP contribution in [0.3, 0.4) is 0 Å². The van der Waals surface area contributed by atoms with Crippen LogP contribution in [-0.2, 0) is 11.2 Å². The first kappa shape index (κ1) is 16.1. The number of carbonyl (C=O) groups is 1. The van der Waals surface area contributed by atoms with E-state index >= 15 is 0 Å². The Morgan fingerprint density at radius 2 is 1.86 bits per heavy atom. The predicted molar refractivity (Wildman–Crippen MR) is 87.3 cm³/mol. The van der Waals surface area contributed by atoms with Crippen LogP contribution in [0.2, 0.25) is 10.0 Å². The van der Waals surface area contributed by atoms with Crippen LogP contribution in [-0.4, -0.2) is 5.91 Å². The zero-order chi connectivity index (χ0) is 15.6. The van der Waals surface area contributed by atoms with Gasteiger partial charge in [0.05, 0.1) is 26.6 Å². The largest absolute Gasteiger partial charge is 0.396 e. The Balaban J connectivity index is 2.09. The molecule has 0 aromatic heterocycles. The summed E-state index contributed by atoms with van der Waals surface area (Å²) in [5.41, 5.74) is 7.01. The van der Waals surface area contributed by atoms with Gasteiger partial charge in [0, 0.05) is 5.69 Å². The number of anilines is 2. The van der Waals surface area contributed by atoms with Crippen molar-refractivity contribution < 1.29 is 9.18 Å². The number of nitrogens with two attached hydrogens (primary N) is 1. The number of hydrogen-bond acceptors (Lipinski definition) is 2. The van der Waals surface area contributed by atoms with Crippen molar-refractivity contribution in [3.8, 4) is 0 Å². The van der Waals surface area contributed by atoms with Crippen molar-refractivity contribution in [1.29, 1.82) is 0 Å². The van der Waals surface area contributed by atoms with Gasteiger partial charge in [-0.25, -0.2) is 4.39 Å². The van der Waals surface area contributed by atoms with Gasteiger partial charge in [0.1, 0.15) is 5.82 Å². The van der Waals surface area contributed by atoms with Gasteiger partial charge in [-0.05, 0) is 45.8 Å². The number of benzene rings is 2. The molecule has 3 nitrogen and oxygen atoms in total. The molecule has 1 amide bonds. The average Bonchev–Trinajstić information content (AvgIpc) is 2.40. The van der Waals surface area contributed by atoms with Gasteiger partial charge in [0.2, 0.25) is 5.91 Å². The minimum absolute atomic E-state index is 0.0957. The van der Waals surface area contributed by atoms with Gasteiger partial charge in [0.25, 0.3) is 0 Å². The van der Waals surface area contributed by atoms with Crippen LogP contribution < -0.4 is 11.1 Å². The topological polar surface area (TPSA) is 55.1 Å². The van der Waals surface area contributed by atoms with E-state index in [1.165, 1.54) is 18.2 Å². The van der Waals surface area contributed by atoms with Crippen LogP contribution in [0.4, 0.5) is 15.8 Å². The van der Waals surface area contributed by atoms with E-state index < -0.39 is 0 Å². The lowest BCUT2D eigenvalue weighted by Gasteiger charge is -2.09. The van der Waals surface area contributed by atoms with Crippen LogP contribution in [0, 0.1) is 5.82 Å². The van der Waals surface area contributed by atoms with Gasteiger partial charge in [-0.3, -0.25) is 4.79 Å². The highest BCUT2D eigenvalue weighted by atomic mass is 79.9. The van der Waals surface area contributed by atoms with E-state index in [1.807, 2.05) is 0 Å². The molecule has 21 heavy (non-hydrogen) atoms.